The van der Waals surface area contributed by atoms with Crippen LogP contribution in [0.3, 0.4) is 0 Å². The van der Waals surface area contributed by atoms with Gasteiger partial charge < -0.3 is 10.5 Å². The minimum Gasteiger partial charge on any atom is -0.436 e. The van der Waals surface area contributed by atoms with Gasteiger partial charge in [-0.3, -0.25) is 10.1 Å². The fraction of sp³-hybridized carbons (Fsp3) is 0. The third kappa shape index (κ3) is 2.91. The summed E-state index contributed by atoms with van der Waals surface area (Å²) in [6.07, 6.45) is 1.23. The lowest BCUT2D eigenvalue weighted by molar-refractivity contribution is -0.384. The number of nitrogen functional groups attached to an aromatic ring is 1. The van der Waals surface area contributed by atoms with E-state index >= 15 is 0 Å². The molecule has 0 saturated heterocycles. The van der Waals surface area contributed by atoms with E-state index in [1.165, 1.54) is 24.5 Å². The lowest BCUT2D eigenvalue weighted by Crippen LogP contribution is -1.97. The molecule has 1 heterocycles. The number of benzene rings is 1. The van der Waals surface area contributed by atoms with Crippen molar-refractivity contribution < 1.29 is 9.66 Å². The van der Waals surface area contributed by atoms with Crippen LogP contribution in [0.1, 0.15) is 0 Å². The molecule has 0 aliphatic carbocycles. The van der Waals surface area contributed by atoms with E-state index in [1.54, 1.807) is 0 Å². The van der Waals surface area contributed by atoms with Crippen LogP contribution in [0.2, 0.25) is 5.02 Å². The average molecular weight is 346 g/mol. The van der Waals surface area contributed by atoms with Gasteiger partial charge in [0.15, 0.2) is 0 Å². The first-order valence-corrected chi connectivity index (χ1v) is 6.04. The van der Waals surface area contributed by atoms with Gasteiger partial charge in [-0.25, -0.2) is 9.97 Å². The number of halogens is 2. The van der Waals surface area contributed by atoms with Gasteiger partial charge in [-0.1, -0.05) is 11.6 Å². The van der Waals surface area contributed by atoms with Crippen molar-refractivity contribution in [3.05, 3.63) is 44.1 Å². The minimum absolute atomic E-state index is 0.0956. The van der Waals surface area contributed by atoms with Crippen LogP contribution in [-0.4, -0.2) is 14.9 Å². The van der Waals surface area contributed by atoms with Gasteiger partial charge in [0.25, 0.3) is 5.69 Å². The van der Waals surface area contributed by atoms with Gasteiger partial charge in [-0.15, -0.1) is 0 Å². The standard InChI is InChI=1S/C10H6BrClN4O3/c11-8-9(13)14-4-15-10(8)19-7-2-1-5(16(17)18)3-6(7)12/h1-4H,(H2,13,14,15). The van der Waals surface area contributed by atoms with E-state index in [2.05, 4.69) is 25.9 Å². The fourth-order valence-electron chi connectivity index (χ4n) is 1.23. The van der Waals surface area contributed by atoms with Gasteiger partial charge in [0.2, 0.25) is 5.88 Å². The van der Waals surface area contributed by atoms with Crippen molar-refractivity contribution in [2.45, 2.75) is 0 Å². The molecular weight excluding hydrogens is 339 g/mol. The first-order valence-electron chi connectivity index (χ1n) is 4.87. The Balaban J connectivity index is 2.34. The molecule has 98 valence electrons. The molecule has 2 N–H and O–H groups in total. The Morgan fingerprint density at radius 3 is 2.79 bits per heavy atom. The summed E-state index contributed by atoms with van der Waals surface area (Å²) in [5.41, 5.74) is 5.45. The molecule has 0 radical (unpaired) electrons. The third-order valence-corrected chi connectivity index (χ3v) is 3.16. The number of rotatable bonds is 3. The fourth-order valence-corrected chi connectivity index (χ4v) is 1.73. The molecule has 0 aliphatic heterocycles. The van der Waals surface area contributed by atoms with E-state index in [1.807, 2.05) is 0 Å². The molecule has 19 heavy (non-hydrogen) atoms. The number of nitrogens with two attached hydrogens (primary N) is 1. The zero-order valence-electron chi connectivity index (χ0n) is 9.21. The zero-order chi connectivity index (χ0) is 14.0. The summed E-state index contributed by atoms with van der Waals surface area (Å²) in [6, 6.07) is 3.85. The second-order valence-corrected chi connectivity index (χ2v) is 4.55. The Bertz CT molecular complexity index is 653. The zero-order valence-corrected chi connectivity index (χ0v) is 11.6. The van der Waals surface area contributed by atoms with Gasteiger partial charge in [-0.05, 0) is 22.0 Å². The Morgan fingerprint density at radius 1 is 1.42 bits per heavy atom. The number of hydrogen-bond acceptors (Lipinski definition) is 6. The van der Waals surface area contributed by atoms with Crippen molar-refractivity contribution in [3.8, 4) is 11.6 Å². The van der Waals surface area contributed by atoms with Crippen LogP contribution in [0.15, 0.2) is 29.0 Å². The molecule has 2 rings (SSSR count). The van der Waals surface area contributed by atoms with Crippen molar-refractivity contribution in [2.75, 3.05) is 5.73 Å². The van der Waals surface area contributed by atoms with E-state index in [-0.39, 0.29) is 28.2 Å². The van der Waals surface area contributed by atoms with Gasteiger partial charge in [0, 0.05) is 12.1 Å². The monoisotopic (exact) mass is 344 g/mol. The van der Waals surface area contributed by atoms with Crippen LogP contribution < -0.4 is 10.5 Å². The highest BCUT2D eigenvalue weighted by Gasteiger charge is 2.14. The van der Waals surface area contributed by atoms with Gasteiger partial charge in [-0.2, -0.15) is 0 Å². The summed E-state index contributed by atoms with van der Waals surface area (Å²) >= 11 is 9.07. The third-order valence-electron chi connectivity index (χ3n) is 2.12. The molecule has 0 bridgehead atoms. The van der Waals surface area contributed by atoms with E-state index in [9.17, 15) is 10.1 Å². The molecular formula is C10H6BrClN4O3. The minimum atomic E-state index is -0.547. The van der Waals surface area contributed by atoms with Gasteiger partial charge in [0.05, 0.1) is 9.95 Å². The van der Waals surface area contributed by atoms with Crippen LogP contribution >= 0.6 is 27.5 Å². The van der Waals surface area contributed by atoms with E-state index < -0.39 is 4.92 Å². The summed E-state index contributed by atoms with van der Waals surface area (Å²) in [7, 11) is 0. The van der Waals surface area contributed by atoms with E-state index in [0.29, 0.717) is 4.47 Å². The van der Waals surface area contributed by atoms with Crippen LogP contribution in [0.25, 0.3) is 0 Å². The van der Waals surface area contributed by atoms with Crippen LogP contribution in [-0.2, 0) is 0 Å². The molecule has 7 nitrogen and oxygen atoms in total. The van der Waals surface area contributed by atoms with Crippen LogP contribution in [0.4, 0.5) is 11.5 Å². The SMILES string of the molecule is Nc1ncnc(Oc2ccc([N+](=O)[O-])cc2Cl)c1Br. The summed E-state index contributed by atoms with van der Waals surface area (Å²) in [5, 5.41) is 10.7. The quantitative estimate of drug-likeness (QED) is 0.676. The maximum atomic E-state index is 10.6. The number of nitro groups is 1. The van der Waals surface area contributed by atoms with Crippen molar-refractivity contribution in [1.82, 2.24) is 9.97 Å². The maximum absolute atomic E-state index is 10.6. The van der Waals surface area contributed by atoms with Crippen molar-refractivity contribution in [1.29, 1.82) is 0 Å². The predicted octanol–water partition coefficient (Wildman–Crippen LogP) is 3.18. The number of aromatic nitrogens is 2. The molecule has 0 atom stereocenters. The summed E-state index contributed by atoms with van der Waals surface area (Å²) in [4.78, 5) is 17.7. The van der Waals surface area contributed by atoms with Gasteiger partial charge in [0.1, 0.15) is 22.4 Å². The number of ether oxygens (including phenoxy) is 1. The summed E-state index contributed by atoms with van der Waals surface area (Å²) in [5.74, 6) is 0.609. The number of anilines is 1. The molecule has 2 aromatic rings. The lowest BCUT2D eigenvalue weighted by Gasteiger charge is -2.08. The normalized spacial score (nSPS) is 10.2. The van der Waals surface area contributed by atoms with Crippen molar-refractivity contribution in [3.63, 3.8) is 0 Å². The van der Waals surface area contributed by atoms with Crippen LogP contribution in [0, 0.1) is 10.1 Å². The first-order chi connectivity index (χ1) is 8.99. The van der Waals surface area contributed by atoms with Crippen LogP contribution in [0.5, 0.6) is 11.6 Å². The average Bonchev–Trinajstić information content (AvgIpc) is 2.37. The summed E-state index contributed by atoms with van der Waals surface area (Å²) in [6.45, 7) is 0. The molecule has 0 amide bonds. The summed E-state index contributed by atoms with van der Waals surface area (Å²) < 4.78 is 5.80. The number of nitrogens with zero attached hydrogens (tertiary/aromatic N) is 3. The van der Waals surface area contributed by atoms with Crippen molar-refractivity contribution >= 4 is 39.0 Å². The second-order valence-electron chi connectivity index (χ2n) is 3.35. The molecule has 1 aromatic carbocycles. The Labute approximate surface area is 120 Å². The number of nitro benzene ring substituents is 1. The van der Waals surface area contributed by atoms with Crippen molar-refractivity contribution in [2.24, 2.45) is 0 Å². The first kappa shape index (κ1) is 13.5. The molecule has 0 aliphatic rings. The predicted molar refractivity (Wildman–Crippen MR) is 72.3 cm³/mol. The Hall–Kier alpha value is -1.93. The molecule has 0 saturated carbocycles. The highest BCUT2D eigenvalue weighted by Crippen LogP contribution is 2.35. The van der Waals surface area contributed by atoms with E-state index in [0.717, 1.165) is 0 Å². The molecule has 0 unspecified atom stereocenters. The smallest absolute Gasteiger partial charge is 0.271 e. The highest BCUT2D eigenvalue weighted by molar-refractivity contribution is 9.10. The molecule has 1 aromatic heterocycles. The number of hydrogen-bond donors (Lipinski definition) is 1. The second kappa shape index (κ2) is 5.37. The lowest BCUT2D eigenvalue weighted by atomic mass is 10.3. The Morgan fingerprint density at radius 2 is 2.16 bits per heavy atom. The van der Waals surface area contributed by atoms with Gasteiger partial charge >= 0.3 is 0 Å². The largest absolute Gasteiger partial charge is 0.436 e. The molecule has 0 fully saturated rings. The topological polar surface area (TPSA) is 104 Å². The number of non-ortho nitro benzene ring substituents is 1. The molecule has 0 spiro atoms. The highest BCUT2D eigenvalue weighted by atomic mass is 79.9. The molecule has 9 heteroatoms. The van der Waals surface area contributed by atoms with E-state index in [4.69, 9.17) is 22.1 Å². The Kier molecular flexibility index (Phi) is 3.82. The maximum Gasteiger partial charge on any atom is 0.271 e.